The van der Waals surface area contributed by atoms with Crippen LogP contribution in [0.25, 0.3) is 0 Å². The molecule has 1 fully saturated rings. The highest BCUT2D eigenvalue weighted by Crippen LogP contribution is 2.29. The van der Waals surface area contributed by atoms with Crippen molar-refractivity contribution < 1.29 is 52.4 Å². The van der Waals surface area contributed by atoms with Crippen LogP contribution in [-0.2, 0) is 52.4 Å². The van der Waals surface area contributed by atoms with Crippen molar-refractivity contribution in [3.05, 3.63) is 0 Å². The van der Waals surface area contributed by atoms with Crippen LogP contribution in [0.4, 0.5) is 0 Å². The van der Waals surface area contributed by atoms with Gasteiger partial charge in [0.15, 0.2) is 12.2 Å². The van der Waals surface area contributed by atoms with Crippen molar-refractivity contribution in [3.63, 3.8) is 0 Å². The topological polar surface area (TPSA) is 141 Å². The molecule has 0 aromatic carbocycles. The van der Waals surface area contributed by atoms with E-state index < -0.39 is 61.2 Å². The number of esters is 4. The summed E-state index contributed by atoms with van der Waals surface area (Å²) in [6, 6.07) is 0. The molecular weight excluding hydrogens is 356 g/mol. The van der Waals surface area contributed by atoms with Crippen LogP contribution in [0.15, 0.2) is 0 Å². The van der Waals surface area contributed by atoms with Gasteiger partial charge in [-0.2, -0.15) is 0 Å². The molecule has 146 valence electrons. The first kappa shape index (κ1) is 21.4. The van der Waals surface area contributed by atoms with E-state index in [9.17, 15) is 24.0 Å². The maximum atomic E-state index is 11.5. The van der Waals surface area contributed by atoms with Crippen molar-refractivity contribution in [2.24, 2.45) is 0 Å². The molecule has 1 rings (SSSR count). The molecule has 1 aliphatic heterocycles. The molecular formula is C15H20O11. The van der Waals surface area contributed by atoms with E-state index >= 15 is 0 Å². The second-order valence-corrected chi connectivity index (χ2v) is 5.30. The largest absolute Gasteiger partial charge is 0.463 e. The van der Waals surface area contributed by atoms with Gasteiger partial charge in [-0.25, -0.2) is 0 Å². The van der Waals surface area contributed by atoms with Gasteiger partial charge in [-0.1, -0.05) is 0 Å². The highest BCUT2D eigenvalue weighted by Gasteiger charge is 2.53. The number of carbonyl (C=O) groups excluding carboxylic acids is 5. The summed E-state index contributed by atoms with van der Waals surface area (Å²) in [5.41, 5.74) is 0. The molecule has 0 bridgehead atoms. The van der Waals surface area contributed by atoms with E-state index in [0.717, 1.165) is 27.7 Å². The quantitative estimate of drug-likeness (QED) is 0.314. The van der Waals surface area contributed by atoms with Crippen molar-refractivity contribution in [2.45, 2.75) is 58.4 Å². The predicted octanol–water partition coefficient (Wildman–Crippen LogP) is -0.757. The smallest absolute Gasteiger partial charge is 0.303 e. The normalized spacial score (nSPS) is 27.6. The fraction of sp³-hybridized carbons (Fsp3) is 0.667. The molecule has 0 radical (unpaired) electrons. The molecule has 0 aromatic heterocycles. The Hall–Kier alpha value is -2.69. The first-order valence-electron chi connectivity index (χ1n) is 7.55. The Morgan fingerprint density at radius 2 is 1.31 bits per heavy atom. The Kier molecular flexibility index (Phi) is 7.97. The first-order valence-corrected chi connectivity index (χ1v) is 7.55. The van der Waals surface area contributed by atoms with Crippen LogP contribution in [0.3, 0.4) is 0 Å². The molecule has 26 heavy (non-hydrogen) atoms. The second kappa shape index (κ2) is 9.70. The Morgan fingerprint density at radius 1 is 0.808 bits per heavy atom. The van der Waals surface area contributed by atoms with Crippen LogP contribution >= 0.6 is 0 Å². The highest BCUT2D eigenvalue weighted by molar-refractivity contribution is 5.68. The fourth-order valence-electron chi connectivity index (χ4n) is 2.35. The SMILES string of the molecule is CC(=O)OCC1O[C@H](OC=O)C(OC(C)=O)C(OC(C)=O)[C@H]1OC(C)=O. The van der Waals surface area contributed by atoms with E-state index in [2.05, 4.69) is 0 Å². The van der Waals surface area contributed by atoms with Crippen LogP contribution in [0.1, 0.15) is 27.7 Å². The van der Waals surface area contributed by atoms with Gasteiger partial charge in [-0.3, -0.25) is 24.0 Å². The summed E-state index contributed by atoms with van der Waals surface area (Å²) in [6.07, 6.45) is -6.68. The number of rotatable bonds is 7. The molecule has 1 aliphatic rings. The van der Waals surface area contributed by atoms with Gasteiger partial charge in [0.2, 0.25) is 12.4 Å². The molecule has 0 saturated carbocycles. The molecule has 1 saturated heterocycles. The number of ether oxygens (including phenoxy) is 6. The minimum Gasteiger partial charge on any atom is -0.463 e. The lowest BCUT2D eigenvalue weighted by Gasteiger charge is -2.43. The molecule has 3 unspecified atom stereocenters. The van der Waals surface area contributed by atoms with Crippen molar-refractivity contribution in [3.8, 4) is 0 Å². The standard InChI is InChI=1S/C15H20O11/c1-7(17)21-5-11-12(23-8(2)18)13(24-9(3)19)14(25-10(4)20)15(26-11)22-6-16/h6,11-15H,5H2,1-4H3/t11?,12-,13?,14?,15-/m0/s1. The summed E-state index contributed by atoms with van der Waals surface area (Å²) in [7, 11) is 0. The van der Waals surface area contributed by atoms with Gasteiger partial charge < -0.3 is 28.4 Å². The zero-order chi connectivity index (χ0) is 19.9. The summed E-state index contributed by atoms with van der Waals surface area (Å²) in [6.45, 7) is 4.06. The molecule has 11 heteroatoms. The third-order valence-corrected chi connectivity index (χ3v) is 3.14. The summed E-state index contributed by atoms with van der Waals surface area (Å²) >= 11 is 0. The van der Waals surface area contributed by atoms with Gasteiger partial charge in [0.1, 0.15) is 12.7 Å². The molecule has 11 nitrogen and oxygen atoms in total. The highest BCUT2D eigenvalue weighted by atomic mass is 16.7. The van der Waals surface area contributed by atoms with Crippen LogP contribution in [0, 0.1) is 0 Å². The molecule has 5 atom stereocenters. The van der Waals surface area contributed by atoms with Gasteiger partial charge in [0.05, 0.1) is 0 Å². The Morgan fingerprint density at radius 3 is 1.77 bits per heavy atom. The van der Waals surface area contributed by atoms with Crippen molar-refractivity contribution >= 4 is 30.3 Å². The zero-order valence-corrected chi connectivity index (χ0v) is 14.7. The molecule has 0 aromatic rings. The number of hydrogen-bond acceptors (Lipinski definition) is 11. The minimum absolute atomic E-state index is 0.0427. The van der Waals surface area contributed by atoms with Crippen molar-refractivity contribution in [1.29, 1.82) is 0 Å². The lowest BCUT2D eigenvalue weighted by molar-refractivity contribution is -0.297. The summed E-state index contributed by atoms with van der Waals surface area (Å²) in [5, 5.41) is 0. The molecule has 1 heterocycles. The molecule has 0 spiro atoms. The van der Waals surface area contributed by atoms with E-state index in [1.807, 2.05) is 0 Å². The van der Waals surface area contributed by atoms with Gasteiger partial charge in [0.25, 0.3) is 6.47 Å². The maximum Gasteiger partial charge on any atom is 0.303 e. The van der Waals surface area contributed by atoms with Gasteiger partial charge in [-0.15, -0.1) is 0 Å². The van der Waals surface area contributed by atoms with Crippen molar-refractivity contribution in [2.75, 3.05) is 6.61 Å². The fourth-order valence-corrected chi connectivity index (χ4v) is 2.35. The Bertz CT molecular complexity index is 558. The van der Waals surface area contributed by atoms with Crippen LogP contribution in [0.5, 0.6) is 0 Å². The summed E-state index contributed by atoms with van der Waals surface area (Å²) < 4.78 is 30.3. The lowest BCUT2D eigenvalue weighted by Crippen LogP contribution is -2.62. The Labute approximate surface area is 148 Å². The van der Waals surface area contributed by atoms with Crippen LogP contribution < -0.4 is 0 Å². The average Bonchev–Trinajstić information content (AvgIpc) is 2.50. The third kappa shape index (κ3) is 6.31. The monoisotopic (exact) mass is 376 g/mol. The van der Waals surface area contributed by atoms with E-state index in [1.165, 1.54) is 0 Å². The minimum atomic E-state index is -1.48. The van der Waals surface area contributed by atoms with Crippen LogP contribution in [0.2, 0.25) is 0 Å². The third-order valence-electron chi connectivity index (χ3n) is 3.14. The average molecular weight is 376 g/mol. The van der Waals surface area contributed by atoms with Gasteiger partial charge >= 0.3 is 23.9 Å². The predicted molar refractivity (Wildman–Crippen MR) is 79.1 cm³/mol. The van der Waals surface area contributed by atoms with E-state index in [0.29, 0.717) is 0 Å². The lowest BCUT2D eigenvalue weighted by atomic mass is 9.98. The maximum absolute atomic E-state index is 11.5. The zero-order valence-electron chi connectivity index (χ0n) is 14.7. The van der Waals surface area contributed by atoms with E-state index in [4.69, 9.17) is 28.4 Å². The number of carbonyl (C=O) groups is 5. The van der Waals surface area contributed by atoms with Gasteiger partial charge in [0, 0.05) is 27.7 Å². The molecule has 0 aliphatic carbocycles. The van der Waals surface area contributed by atoms with E-state index in [-0.39, 0.29) is 6.47 Å². The first-order chi connectivity index (χ1) is 12.1. The van der Waals surface area contributed by atoms with Crippen LogP contribution in [-0.4, -0.2) is 67.7 Å². The molecule has 0 amide bonds. The second-order valence-electron chi connectivity index (χ2n) is 5.30. The summed E-state index contributed by atoms with van der Waals surface area (Å²) in [5.74, 6) is -2.95. The molecule has 0 N–H and O–H groups in total. The Balaban J connectivity index is 3.24. The van der Waals surface area contributed by atoms with Gasteiger partial charge in [-0.05, 0) is 0 Å². The summed E-state index contributed by atoms with van der Waals surface area (Å²) in [4.78, 5) is 56.1. The van der Waals surface area contributed by atoms with E-state index in [1.54, 1.807) is 0 Å². The van der Waals surface area contributed by atoms with Crippen molar-refractivity contribution in [1.82, 2.24) is 0 Å². The number of hydrogen-bond donors (Lipinski definition) is 0.